The van der Waals surface area contributed by atoms with E-state index in [-0.39, 0.29) is 24.0 Å². The van der Waals surface area contributed by atoms with Crippen LogP contribution in [0.1, 0.15) is 20.8 Å². The van der Waals surface area contributed by atoms with E-state index in [9.17, 15) is 0 Å². The van der Waals surface area contributed by atoms with Crippen LogP contribution >= 0.6 is 24.0 Å². The first-order valence-corrected chi connectivity index (χ1v) is 4.20. The molecular formula is C8H21INO+. The van der Waals surface area contributed by atoms with E-state index in [1.54, 1.807) is 0 Å². The molecule has 0 rings (SSSR count). The van der Waals surface area contributed by atoms with Gasteiger partial charge < -0.3 is 9.59 Å². The van der Waals surface area contributed by atoms with Crippen molar-refractivity contribution in [1.82, 2.24) is 0 Å². The van der Waals surface area contributed by atoms with Crippen molar-refractivity contribution in [3.63, 3.8) is 0 Å². The van der Waals surface area contributed by atoms with Crippen LogP contribution in [-0.2, 0) is 0 Å². The van der Waals surface area contributed by atoms with Gasteiger partial charge in [0, 0.05) is 0 Å². The van der Waals surface area contributed by atoms with Crippen molar-refractivity contribution in [2.24, 2.45) is 0 Å². The van der Waals surface area contributed by atoms with Crippen LogP contribution in [0.4, 0.5) is 0 Å². The molecule has 0 aromatic heterocycles. The Kier molecular flexibility index (Phi) is 9.43. The van der Waals surface area contributed by atoms with Crippen LogP contribution in [0, 0.1) is 0 Å². The van der Waals surface area contributed by atoms with Gasteiger partial charge in [0.2, 0.25) is 0 Å². The summed E-state index contributed by atoms with van der Waals surface area (Å²) < 4.78 is 1.05. The van der Waals surface area contributed by atoms with Crippen molar-refractivity contribution < 1.29 is 9.59 Å². The van der Waals surface area contributed by atoms with Gasteiger partial charge in [0.05, 0.1) is 26.2 Å². The number of hydrogen-bond acceptors (Lipinski definition) is 1. The standard InChI is InChI=1S/C8H20NO.HI/c1-4-9(5-2,6-3)7-8-10;/h10H,4-8H2,1-3H3;1H/q+1;. The first-order valence-electron chi connectivity index (χ1n) is 4.20. The summed E-state index contributed by atoms with van der Waals surface area (Å²) in [5.41, 5.74) is 0. The van der Waals surface area contributed by atoms with Gasteiger partial charge in [0.1, 0.15) is 6.54 Å². The summed E-state index contributed by atoms with van der Waals surface area (Å²) >= 11 is 0. The lowest BCUT2D eigenvalue weighted by molar-refractivity contribution is -0.923. The minimum Gasteiger partial charge on any atom is -0.391 e. The van der Waals surface area contributed by atoms with Gasteiger partial charge in [-0.25, -0.2) is 0 Å². The van der Waals surface area contributed by atoms with Crippen LogP contribution in [-0.4, -0.2) is 42.4 Å². The molecule has 0 aliphatic carbocycles. The number of aliphatic hydroxyl groups excluding tert-OH is 1. The first-order chi connectivity index (χ1) is 4.74. The van der Waals surface area contributed by atoms with Gasteiger partial charge in [-0.3, -0.25) is 0 Å². The number of rotatable bonds is 5. The Morgan fingerprint density at radius 3 is 1.45 bits per heavy atom. The number of quaternary nitrogens is 1. The molecule has 0 spiro atoms. The molecule has 0 fully saturated rings. The van der Waals surface area contributed by atoms with Crippen molar-refractivity contribution >= 4 is 24.0 Å². The van der Waals surface area contributed by atoms with Crippen molar-refractivity contribution in [3.05, 3.63) is 0 Å². The van der Waals surface area contributed by atoms with Crippen LogP contribution in [0.25, 0.3) is 0 Å². The van der Waals surface area contributed by atoms with Crippen LogP contribution in [0.2, 0.25) is 0 Å². The minimum atomic E-state index is 0. The lowest BCUT2D eigenvalue weighted by Crippen LogP contribution is -2.49. The zero-order chi connectivity index (χ0) is 8.04. The van der Waals surface area contributed by atoms with E-state index in [0.717, 1.165) is 30.7 Å². The molecule has 0 saturated carbocycles. The molecule has 0 aromatic carbocycles. The summed E-state index contributed by atoms with van der Waals surface area (Å²) in [6.07, 6.45) is 0. The lowest BCUT2D eigenvalue weighted by atomic mass is 10.3. The van der Waals surface area contributed by atoms with Crippen LogP contribution < -0.4 is 0 Å². The number of nitrogens with zero attached hydrogens (tertiary/aromatic N) is 1. The average Bonchev–Trinajstić information content (AvgIpc) is 2.01. The van der Waals surface area contributed by atoms with Crippen LogP contribution in [0.3, 0.4) is 0 Å². The molecule has 3 heteroatoms. The van der Waals surface area contributed by atoms with Crippen LogP contribution in [0.5, 0.6) is 0 Å². The summed E-state index contributed by atoms with van der Waals surface area (Å²) in [6, 6.07) is 0. The predicted molar refractivity (Wildman–Crippen MR) is 59.3 cm³/mol. The van der Waals surface area contributed by atoms with Gasteiger partial charge in [-0.2, -0.15) is 0 Å². The molecule has 0 aliphatic heterocycles. The maximum Gasteiger partial charge on any atom is 0.102 e. The topological polar surface area (TPSA) is 20.2 Å². The minimum absolute atomic E-state index is 0. The fourth-order valence-corrected chi connectivity index (χ4v) is 1.36. The van der Waals surface area contributed by atoms with Gasteiger partial charge in [-0.05, 0) is 20.8 Å². The Hall–Kier alpha value is 0.650. The molecule has 0 saturated heterocycles. The largest absolute Gasteiger partial charge is 0.391 e. The molecule has 0 radical (unpaired) electrons. The van der Waals surface area contributed by atoms with Crippen molar-refractivity contribution in [2.45, 2.75) is 20.8 Å². The lowest BCUT2D eigenvalue weighted by Gasteiger charge is -2.34. The van der Waals surface area contributed by atoms with E-state index < -0.39 is 0 Å². The van der Waals surface area contributed by atoms with Crippen molar-refractivity contribution in [3.8, 4) is 0 Å². The van der Waals surface area contributed by atoms with Gasteiger partial charge in [-0.1, -0.05) is 0 Å². The molecule has 70 valence electrons. The normalized spacial score (nSPS) is 10.9. The zero-order valence-electron chi connectivity index (χ0n) is 7.84. The Morgan fingerprint density at radius 2 is 1.36 bits per heavy atom. The molecule has 11 heavy (non-hydrogen) atoms. The number of hydrogen-bond donors (Lipinski definition) is 1. The molecule has 0 atom stereocenters. The second-order valence-electron chi connectivity index (χ2n) is 2.74. The van der Waals surface area contributed by atoms with Gasteiger partial charge >= 0.3 is 0 Å². The SMILES string of the molecule is CC[N+](CC)(CC)CCO.I. The Balaban J connectivity index is 0. The summed E-state index contributed by atoms with van der Waals surface area (Å²) in [4.78, 5) is 0. The molecule has 2 nitrogen and oxygen atoms in total. The predicted octanol–water partition coefficient (Wildman–Crippen LogP) is 1.47. The zero-order valence-corrected chi connectivity index (χ0v) is 10.2. The van der Waals surface area contributed by atoms with Gasteiger partial charge in [0.15, 0.2) is 0 Å². The number of halogens is 1. The van der Waals surface area contributed by atoms with Gasteiger partial charge in [-0.15, -0.1) is 24.0 Å². The highest BCUT2D eigenvalue weighted by Crippen LogP contribution is 2.03. The average molecular weight is 274 g/mol. The first kappa shape index (κ1) is 14.2. The third-order valence-electron chi connectivity index (χ3n) is 2.59. The molecule has 1 N–H and O–H groups in total. The molecule has 0 heterocycles. The highest BCUT2D eigenvalue weighted by molar-refractivity contribution is 14.0. The third kappa shape index (κ3) is 4.28. The number of likely N-dealkylation sites (N-methyl/N-ethyl adjacent to an activating group) is 1. The quantitative estimate of drug-likeness (QED) is 0.594. The summed E-state index contributed by atoms with van der Waals surface area (Å²) in [7, 11) is 0. The monoisotopic (exact) mass is 274 g/mol. The maximum absolute atomic E-state index is 8.78. The van der Waals surface area contributed by atoms with Crippen molar-refractivity contribution in [2.75, 3.05) is 32.8 Å². The fourth-order valence-electron chi connectivity index (χ4n) is 1.36. The van der Waals surface area contributed by atoms with E-state index in [4.69, 9.17) is 5.11 Å². The fraction of sp³-hybridized carbons (Fsp3) is 1.00. The van der Waals surface area contributed by atoms with Gasteiger partial charge in [0.25, 0.3) is 0 Å². The molecule has 0 aliphatic rings. The molecule has 0 aromatic rings. The number of aliphatic hydroxyl groups is 1. The van der Waals surface area contributed by atoms with Crippen LogP contribution in [0.15, 0.2) is 0 Å². The van der Waals surface area contributed by atoms with E-state index in [1.807, 2.05) is 0 Å². The summed E-state index contributed by atoms with van der Waals surface area (Å²) in [5, 5.41) is 8.78. The second kappa shape index (κ2) is 7.31. The molecular weight excluding hydrogens is 253 g/mol. The molecule has 0 bridgehead atoms. The highest BCUT2D eigenvalue weighted by atomic mass is 127. The van der Waals surface area contributed by atoms with Crippen molar-refractivity contribution in [1.29, 1.82) is 0 Å². The third-order valence-corrected chi connectivity index (χ3v) is 2.59. The van der Waals surface area contributed by atoms with E-state index in [0.29, 0.717) is 6.61 Å². The maximum atomic E-state index is 8.78. The molecule has 0 amide bonds. The molecule has 0 unspecified atom stereocenters. The Labute approximate surface area is 87.2 Å². The summed E-state index contributed by atoms with van der Waals surface area (Å²) in [5.74, 6) is 0. The Morgan fingerprint density at radius 1 is 1.00 bits per heavy atom. The second-order valence-corrected chi connectivity index (χ2v) is 2.74. The van der Waals surface area contributed by atoms with E-state index >= 15 is 0 Å². The Bertz CT molecular complexity index is 75.9. The smallest absolute Gasteiger partial charge is 0.102 e. The highest BCUT2D eigenvalue weighted by Gasteiger charge is 2.18. The van der Waals surface area contributed by atoms with E-state index in [1.165, 1.54) is 0 Å². The van der Waals surface area contributed by atoms with E-state index in [2.05, 4.69) is 20.8 Å². The summed E-state index contributed by atoms with van der Waals surface area (Å²) in [6.45, 7) is 11.2.